The van der Waals surface area contributed by atoms with Gasteiger partial charge in [-0.3, -0.25) is 4.98 Å². The molecule has 0 radical (unpaired) electrons. The summed E-state index contributed by atoms with van der Waals surface area (Å²) in [5, 5.41) is 13.2. The second-order valence-corrected chi connectivity index (χ2v) is 5.27. The minimum atomic E-state index is -0.524. The zero-order chi connectivity index (χ0) is 12.4. The van der Waals surface area contributed by atoms with Crippen LogP contribution < -0.4 is 0 Å². The van der Waals surface area contributed by atoms with E-state index < -0.39 is 6.10 Å². The molecular weight excluding hydrogens is 232 g/mol. The molecule has 0 aliphatic heterocycles. The first-order chi connectivity index (χ1) is 8.06. The first-order valence-electron chi connectivity index (χ1n) is 5.59. The molecule has 0 aliphatic carbocycles. The molecule has 0 fully saturated rings. The number of aromatic nitrogens is 2. The van der Waals surface area contributed by atoms with Crippen LogP contribution in [0.15, 0.2) is 17.5 Å². The molecule has 2 heterocycles. The van der Waals surface area contributed by atoms with Crippen LogP contribution in [0.3, 0.4) is 0 Å². The van der Waals surface area contributed by atoms with Crippen molar-refractivity contribution in [1.82, 2.24) is 9.97 Å². The predicted octanol–water partition coefficient (Wildman–Crippen LogP) is 2.74. The lowest BCUT2D eigenvalue weighted by Crippen LogP contribution is -2.06. The maximum absolute atomic E-state index is 10.2. The fourth-order valence-corrected chi connectivity index (χ4v) is 2.49. The zero-order valence-electron chi connectivity index (χ0n) is 10.3. The summed E-state index contributed by atoms with van der Waals surface area (Å²) in [4.78, 5) is 8.73. The normalized spacial score (nSPS) is 12.7. The second-order valence-electron chi connectivity index (χ2n) is 4.21. The summed E-state index contributed by atoms with van der Waals surface area (Å²) in [6.07, 6.45) is 0.0280. The van der Waals surface area contributed by atoms with Crippen molar-refractivity contribution in [2.75, 3.05) is 0 Å². The summed E-state index contributed by atoms with van der Waals surface area (Å²) in [5.74, 6) is 0. The number of aliphatic hydroxyl groups is 1. The average molecular weight is 248 g/mol. The highest BCUT2D eigenvalue weighted by Crippen LogP contribution is 2.21. The Morgan fingerprint density at radius 3 is 2.59 bits per heavy atom. The van der Waals surface area contributed by atoms with Gasteiger partial charge >= 0.3 is 0 Å². The van der Waals surface area contributed by atoms with Gasteiger partial charge in [0.1, 0.15) is 0 Å². The minimum absolute atomic E-state index is 0.524. The molecule has 0 amide bonds. The van der Waals surface area contributed by atoms with Crippen molar-refractivity contribution >= 4 is 11.3 Å². The molecule has 1 atom stereocenters. The van der Waals surface area contributed by atoms with Gasteiger partial charge in [-0.25, -0.2) is 4.98 Å². The van der Waals surface area contributed by atoms with Crippen molar-refractivity contribution in [2.24, 2.45) is 0 Å². The second kappa shape index (κ2) is 4.94. The summed E-state index contributed by atoms with van der Waals surface area (Å²) in [7, 11) is 0. The number of nitrogens with zero attached hydrogens (tertiary/aromatic N) is 2. The van der Waals surface area contributed by atoms with Crippen molar-refractivity contribution in [2.45, 2.75) is 33.3 Å². The number of hydrogen-bond acceptors (Lipinski definition) is 4. The van der Waals surface area contributed by atoms with E-state index in [9.17, 15) is 5.11 Å². The molecule has 3 nitrogen and oxygen atoms in total. The highest BCUT2D eigenvalue weighted by molar-refractivity contribution is 7.09. The van der Waals surface area contributed by atoms with E-state index in [1.54, 1.807) is 11.3 Å². The Morgan fingerprint density at radius 2 is 2.00 bits per heavy atom. The third-order valence-electron chi connectivity index (χ3n) is 2.69. The summed E-state index contributed by atoms with van der Waals surface area (Å²) in [5.41, 5.74) is 3.70. The largest absolute Gasteiger partial charge is 0.388 e. The fraction of sp³-hybridized carbons (Fsp3) is 0.385. The number of aliphatic hydroxyl groups excluding tert-OH is 1. The van der Waals surface area contributed by atoms with Gasteiger partial charge in [0.25, 0.3) is 0 Å². The lowest BCUT2D eigenvalue weighted by molar-refractivity contribution is 0.176. The maximum atomic E-state index is 10.2. The molecule has 17 heavy (non-hydrogen) atoms. The number of rotatable bonds is 3. The van der Waals surface area contributed by atoms with Crippen molar-refractivity contribution in [1.29, 1.82) is 0 Å². The molecule has 2 rings (SSSR count). The van der Waals surface area contributed by atoms with E-state index in [0.29, 0.717) is 6.42 Å². The van der Waals surface area contributed by atoms with E-state index in [1.807, 2.05) is 38.3 Å². The zero-order valence-corrected chi connectivity index (χ0v) is 11.1. The van der Waals surface area contributed by atoms with Crippen LogP contribution in [0.4, 0.5) is 0 Å². The van der Waals surface area contributed by atoms with Crippen molar-refractivity contribution in [3.05, 3.63) is 45.2 Å². The third kappa shape index (κ3) is 2.90. The minimum Gasteiger partial charge on any atom is -0.388 e. The molecule has 2 aromatic rings. The van der Waals surface area contributed by atoms with Gasteiger partial charge in [0, 0.05) is 28.8 Å². The summed E-state index contributed by atoms with van der Waals surface area (Å²) >= 11 is 1.61. The third-order valence-corrected chi connectivity index (χ3v) is 3.52. The van der Waals surface area contributed by atoms with E-state index in [2.05, 4.69) is 9.97 Å². The van der Waals surface area contributed by atoms with Crippen LogP contribution in [0.2, 0.25) is 0 Å². The van der Waals surface area contributed by atoms with Gasteiger partial charge < -0.3 is 5.11 Å². The Bertz CT molecular complexity index is 522. The smallest absolute Gasteiger partial charge is 0.0897 e. The average Bonchev–Trinajstić information content (AvgIpc) is 2.63. The van der Waals surface area contributed by atoms with E-state index in [4.69, 9.17) is 0 Å². The summed E-state index contributed by atoms with van der Waals surface area (Å²) < 4.78 is 0. The molecule has 0 aromatic carbocycles. The molecule has 0 aliphatic rings. The first kappa shape index (κ1) is 12.2. The Morgan fingerprint density at radius 1 is 1.24 bits per heavy atom. The van der Waals surface area contributed by atoms with Crippen LogP contribution in [-0.2, 0) is 6.42 Å². The topological polar surface area (TPSA) is 46.0 Å². The molecule has 0 saturated carbocycles. The monoisotopic (exact) mass is 248 g/mol. The van der Waals surface area contributed by atoms with Gasteiger partial charge in [-0.15, -0.1) is 11.3 Å². The lowest BCUT2D eigenvalue weighted by Gasteiger charge is -2.12. The molecule has 2 aromatic heterocycles. The van der Waals surface area contributed by atoms with Crippen LogP contribution in [0, 0.1) is 20.8 Å². The van der Waals surface area contributed by atoms with Gasteiger partial charge in [-0.05, 0) is 26.8 Å². The first-order valence-corrected chi connectivity index (χ1v) is 6.47. The van der Waals surface area contributed by atoms with Gasteiger partial charge in [-0.2, -0.15) is 0 Å². The number of hydrogen-bond donors (Lipinski definition) is 1. The van der Waals surface area contributed by atoms with Gasteiger partial charge in [0.2, 0.25) is 0 Å². The highest BCUT2D eigenvalue weighted by atomic mass is 32.1. The molecule has 1 N–H and O–H groups in total. The number of thiazole rings is 1. The molecule has 0 spiro atoms. The van der Waals surface area contributed by atoms with E-state index in [0.717, 1.165) is 27.7 Å². The van der Waals surface area contributed by atoms with Gasteiger partial charge in [0.05, 0.1) is 16.8 Å². The summed E-state index contributed by atoms with van der Waals surface area (Å²) in [6.45, 7) is 5.85. The standard InChI is InChI=1S/C13H16N2OS/c1-8-4-5-12(9(2)14-8)13(16)6-11-7-17-10(3)15-11/h4-5,7,13,16H,6H2,1-3H3. The number of aryl methyl sites for hydroxylation is 3. The van der Waals surface area contributed by atoms with E-state index >= 15 is 0 Å². The maximum Gasteiger partial charge on any atom is 0.0897 e. The molecular formula is C13H16N2OS. The van der Waals surface area contributed by atoms with Gasteiger partial charge in [0.15, 0.2) is 0 Å². The summed E-state index contributed by atoms with van der Waals surface area (Å²) in [6, 6.07) is 3.87. The predicted molar refractivity (Wildman–Crippen MR) is 69.2 cm³/mol. The highest BCUT2D eigenvalue weighted by Gasteiger charge is 2.13. The number of pyridine rings is 1. The van der Waals surface area contributed by atoms with Crippen LogP contribution >= 0.6 is 11.3 Å². The van der Waals surface area contributed by atoms with Crippen LogP contribution in [0.5, 0.6) is 0 Å². The van der Waals surface area contributed by atoms with Crippen LogP contribution in [-0.4, -0.2) is 15.1 Å². The Kier molecular flexibility index (Phi) is 3.54. The Balaban J connectivity index is 2.17. The Hall–Kier alpha value is -1.26. The van der Waals surface area contributed by atoms with E-state index in [1.165, 1.54) is 0 Å². The molecule has 90 valence electrons. The molecule has 0 bridgehead atoms. The van der Waals surface area contributed by atoms with Crippen LogP contribution in [0.1, 0.15) is 33.8 Å². The molecule has 1 unspecified atom stereocenters. The van der Waals surface area contributed by atoms with Crippen molar-refractivity contribution in [3.63, 3.8) is 0 Å². The van der Waals surface area contributed by atoms with Crippen LogP contribution in [0.25, 0.3) is 0 Å². The quantitative estimate of drug-likeness (QED) is 0.908. The SMILES string of the molecule is Cc1ccc(C(O)Cc2csc(C)n2)c(C)n1. The molecule has 4 heteroatoms. The van der Waals surface area contributed by atoms with Crippen molar-refractivity contribution < 1.29 is 5.11 Å². The molecule has 0 saturated heterocycles. The van der Waals surface area contributed by atoms with E-state index in [-0.39, 0.29) is 0 Å². The van der Waals surface area contributed by atoms with Crippen molar-refractivity contribution in [3.8, 4) is 0 Å². The lowest BCUT2D eigenvalue weighted by atomic mass is 10.0. The van der Waals surface area contributed by atoms with Gasteiger partial charge in [-0.1, -0.05) is 6.07 Å². The fourth-order valence-electron chi connectivity index (χ4n) is 1.86. The Labute approximate surface area is 105 Å².